The molecule has 0 fully saturated rings. The summed E-state index contributed by atoms with van der Waals surface area (Å²) < 4.78 is 5.75. The lowest BCUT2D eigenvalue weighted by atomic mass is 10.2. The molecule has 0 bridgehead atoms. The lowest BCUT2D eigenvalue weighted by Crippen LogP contribution is -2.08. The lowest BCUT2D eigenvalue weighted by Gasteiger charge is -2.14. The molecule has 0 amide bonds. The Kier molecular flexibility index (Phi) is 3.80. The minimum absolute atomic E-state index is 0.515. The Bertz CT molecular complexity index is 594. The molecule has 4 nitrogen and oxygen atoms in total. The van der Waals surface area contributed by atoms with Gasteiger partial charge in [0.1, 0.15) is 5.75 Å². The van der Waals surface area contributed by atoms with Crippen LogP contribution in [0.5, 0.6) is 11.6 Å². The molecule has 0 unspecified atom stereocenters. The summed E-state index contributed by atoms with van der Waals surface area (Å²) in [6.07, 6.45) is 2.28. The van der Waals surface area contributed by atoms with Gasteiger partial charge in [-0.25, -0.2) is 4.98 Å². The van der Waals surface area contributed by atoms with Crippen LogP contribution in [0.25, 0.3) is 0 Å². The molecular weight excluding hydrogens is 240 g/mol. The van der Waals surface area contributed by atoms with E-state index in [2.05, 4.69) is 4.98 Å². The summed E-state index contributed by atoms with van der Waals surface area (Å²) >= 11 is 0. The molecule has 98 valence electrons. The van der Waals surface area contributed by atoms with Crippen LogP contribution in [0, 0.1) is 6.92 Å². The molecule has 0 aliphatic rings. The third kappa shape index (κ3) is 3.10. The number of nitrogens with zero attached hydrogens (tertiary/aromatic N) is 2. The third-order valence-corrected chi connectivity index (χ3v) is 2.74. The van der Waals surface area contributed by atoms with Gasteiger partial charge in [-0.05, 0) is 25.1 Å². The molecule has 2 rings (SSSR count). The maximum atomic E-state index is 10.7. The second-order valence-electron chi connectivity index (χ2n) is 4.50. The molecule has 0 atom stereocenters. The van der Waals surface area contributed by atoms with Crippen LogP contribution in [0.3, 0.4) is 0 Å². The van der Waals surface area contributed by atoms with Crippen molar-refractivity contribution in [3.8, 4) is 11.6 Å². The monoisotopic (exact) mass is 256 g/mol. The summed E-state index contributed by atoms with van der Waals surface area (Å²) in [6, 6.07) is 9.50. The summed E-state index contributed by atoms with van der Waals surface area (Å²) in [5.74, 6) is 1.24. The molecule has 1 aromatic carbocycles. The number of anilines is 1. The fourth-order valence-corrected chi connectivity index (χ4v) is 1.69. The minimum Gasteiger partial charge on any atom is -0.439 e. The number of benzene rings is 1. The molecule has 0 aliphatic heterocycles. The van der Waals surface area contributed by atoms with Gasteiger partial charge in [-0.15, -0.1) is 0 Å². The van der Waals surface area contributed by atoms with E-state index in [9.17, 15) is 4.79 Å². The summed E-state index contributed by atoms with van der Waals surface area (Å²) in [6.45, 7) is 1.87. The Morgan fingerprint density at radius 1 is 1.26 bits per heavy atom. The predicted octanol–water partition coefficient (Wildman–Crippen LogP) is 3.06. The highest BCUT2D eigenvalue weighted by Gasteiger charge is 2.05. The Balaban J connectivity index is 2.26. The van der Waals surface area contributed by atoms with Crippen molar-refractivity contribution in [3.05, 3.63) is 47.7 Å². The smallest absolute Gasteiger partial charge is 0.222 e. The van der Waals surface area contributed by atoms with Crippen LogP contribution in [-0.4, -0.2) is 25.4 Å². The number of pyridine rings is 1. The number of rotatable bonds is 4. The van der Waals surface area contributed by atoms with Crippen LogP contribution in [0.15, 0.2) is 36.5 Å². The highest BCUT2D eigenvalue weighted by Crippen LogP contribution is 2.26. The maximum Gasteiger partial charge on any atom is 0.222 e. The van der Waals surface area contributed by atoms with E-state index in [1.807, 2.05) is 50.2 Å². The zero-order valence-electron chi connectivity index (χ0n) is 11.3. The summed E-state index contributed by atoms with van der Waals surface area (Å²) in [4.78, 5) is 16.8. The molecule has 0 saturated heterocycles. The van der Waals surface area contributed by atoms with E-state index in [1.165, 1.54) is 6.20 Å². The molecule has 0 saturated carbocycles. The fourth-order valence-electron chi connectivity index (χ4n) is 1.69. The van der Waals surface area contributed by atoms with Crippen LogP contribution in [0.1, 0.15) is 15.9 Å². The normalized spacial score (nSPS) is 10.1. The highest BCUT2D eigenvalue weighted by molar-refractivity contribution is 5.74. The van der Waals surface area contributed by atoms with E-state index >= 15 is 0 Å². The van der Waals surface area contributed by atoms with Crippen molar-refractivity contribution < 1.29 is 9.53 Å². The molecule has 4 heteroatoms. The molecule has 0 radical (unpaired) electrons. The minimum atomic E-state index is 0.515. The molecule has 0 aliphatic carbocycles. The van der Waals surface area contributed by atoms with Crippen molar-refractivity contribution in [1.82, 2.24) is 4.98 Å². The van der Waals surface area contributed by atoms with E-state index in [-0.39, 0.29) is 0 Å². The number of carbonyl (C=O) groups is 1. The van der Waals surface area contributed by atoms with Gasteiger partial charge in [-0.3, -0.25) is 4.79 Å². The van der Waals surface area contributed by atoms with Gasteiger partial charge >= 0.3 is 0 Å². The lowest BCUT2D eigenvalue weighted by molar-refractivity contribution is 0.112. The van der Waals surface area contributed by atoms with Gasteiger partial charge in [0.25, 0.3) is 0 Å². The van der Waals surface area contributed by atoms with Gasteiger partial charge < -0.3 is 9.64 Å². The second kappa shape index (κ2) is 5.52. The fraction of sp³-hybridized carbons (Fsp3) is 0.200. The Hall–Kier alpha value is -2.36. The standard InChI is InChI=1S/C15H16N2O2/c1-11-7-12(10-18)9-16-15(11)19-14-6-4-5-13(8-14)17(2)3/h4-10H,1-3H3. The first kappa shape index (κ1) is 13.1. The molecule has 19 heavy (non-hydrogen) atoms. The van der Waals surface area contributed by atoms with Crippen LogP contribution >= 0.6 is 0 Å². The second-order valence-corrected chi connectivity index (χ2v) is 4.50. The van der Waals surface area contributed by atoms with E-state index in [4.69, 9.17) is 4.74 Å². The van der Waals surface area contributed by atoms with Crippen LogP contribution in [0.4, 0.5) is 5.69 Å². The maximum absolute atomic E-state index is 10.7. The van der Waals surface area contributed by atoms with Gasteiger partial charge in [0.05, 0.1) is 0 Å². The predicted molar refractivity (Wildman–Crippen MR) is 75.2 cm³/mol. The van der Waals surface area contributed by atoms with Crippen molar-refractivity contribution >= 4 is 12.0 Å². The molecule has 0 spiro atoms. The molecule has 1 aromatic heterocycles. The number of aromatic nitrogens is 1. The van der Waals surface area contributed by atoms with Gasteiger partial charge in [0.15, 0.2) is 6.29 Å². The van der Waals surface area contributed by atoms with Gasteiger partial charge in [0, 0.05) is 43.2 Å². The summed E-state index contributed by atoms with van der Waals surface area (Å²) in [7, 11) is 3.95. The van der Waals surface area contributed by atoms with Gasteiger partial charge in [-0.2, -0.15) is 0 Å². The highest BCUT2D eigenvalue weighted by atomic mass is 16.5. The first-order valence-electron chi connectivity index (χ1n) is 5.97. The molecule has 1 heterocycles. The number of carbonyl (C=O) groups excluding carboxylic acids is 1. The van der Waals surface area contributed by atoms with E-state index in [1.54, 1.807) is 6.07 Å². The van der Waals surface area contributed by atoms with Crippen molar-refractivity contribution in [2.45, 2.75) is 6.92 Å². The average Bonchev–Trinajstić information content (AvgIpc) is 2.41. The number of hydrogen-bond donors (Lipinski definition) is 0. The molecular formula is C15H16N2O2. The van der Waals surface area contributed by atoms with Gasteiger partial charge in [0.2, 0.25) is 5.88 Å². The Labute approximate surface area is 112 Å². The van der Waals surface area contributed by atoms with E-state index < -0.39 is 0 Å². The van der Waals surface area contributed by atoms with Crippen LogP contribution in [0.2, 0.25) is 0 Å². The van der Waals surface area contributed by atoms with Crippen molar-refractivity contribution in [1.29, 1.82) is 0 Å². The molecule has 0 N–H and O–H groups in total. The first-order valence-corrected chi connectivity index (χ1v) is 5.97. The first-order chi connectivity index (χ1) is 9.10. The van der Waals surface area contributed by atoms with Crippen LogP contribution < -0.4 is 9.64 Å². The van der Waals surface area contributed by atoms with E-state index in [0.29, 0.717) is 11.4 Å². The third-order valence-electron chi connectivity index (χ3n) is 2.74. The summed E-state index contributed by atoms with van der Waals surface area (Å²) in [5.41, 5.74) is 2.44. The SMILES string of the molecule is Cc1cc(C=O)cnc1Oc1cccc(N(C)C)c1. The van der Waals surface area contributed by atoms with Gasteiger partial charge in [-0.1, -0.05) is 6.07 Å². The number of hydrogen-bond acceptors (Lipinski definition) is 4. The topological polar surface area (TPSA) is 42.4 Å². The Morgan fingerprint density at radius 2 is 2.05 bits per heavy atom. The van der Waals surface area contributed by atoms with Crippen molar-refractivity contribution in [3.63, 3.8) is 0 Å². The van der Waals surface area contributed by atoms with Crippen LogP contribution in [-0.2, 0) is 0 Å². The zero-order valence-corrected chi connectivity index (χ0v) is 11.3. The van der Waals surface area contributed by atoms with E-state index in [0.717, 1.165) is 23.3 Å². The number of aldehydes is 1. The number of aryl methyl sites for hydroxylation is 1. The average molecular weight is 256 g/mol. The Morgan fingerprint density at radius 3 is 2.68 bits per heavy atom. The van der Waals surface area contributed by atoms with Crippen molar-refractivity contribution in [2.24, 2.45) is 0 Å². The quantitative estimate of drug-likeness (QED) is 0.788. The zero-order chi connectivity index (χ0) is 13.8. The largest absolute Gasteiger partial charge is 0.439 e. The molecule has 2 aromatic rings. The number of ether oxygens (including phenoxy) is 1. The van der Waals surface area contributed by atoms with Crippen molar-refractivity contribution in [2.75, 3.05) is 19.0 Å². The summed E-state index contributed by atoms with van der Waals surface area (Å²) in [5, 5.41) is 0.